The predicted molar refractivity (Wildman–Crippen MR) is 52.6 cm³/mol. The lowest BCUT2D eigenvalue weighted by Crippen LogP contribution is -1.95. The summed E-state index contributed by atoms with van der Waals surface area (Å²) in [5.74, 6) is 0.103. The second-order valence-electron chi connectivity index (χ2n) is 2.86. The molecule has 0 N–H and O–H groups in total. The van der Waals surface area contributed by atoms with Gasteiger partial charge in [0.05, 0.1) is 6.07 Å². The Labute approximate surface area is 81.2 Å². The van der Waals surface area contributed by atoms with Gasteiger partial charge >= 0.3 is 0 Å². The lowest BCUT2D eigenvalue weighted by atomic mass is 10.0. The molecule has 0 aliphatic heterocycles. The van der Waals surface area contributed by atoms with Gasteiger partial charge < -0.3 is 0 Å². The number of nitriles is 1. The van der Waals surface area contributed by atoms with Crippen LogP contribution in [0.15, 0.2) is 28.7 Å². The summed E-state index contributed by atoms with van der Waals surface area (Å²) in [6.45, 7) is 1.93. The fourth-order valence-electron chi connectivity index (χ4n) is 1.02. The molecule has 0 heterocycles. The summed E-state index contributed by atoms with van der Waals surface area (Å²) in [7, 11) is 0. The third kappa shape index (κ3) is 2.67. The van der Waals surface area contributed by atoms with Crippen molar-refractivity contribution < 1.29 is 0 Å². The fraction of sp³-hybridized carbons (Fsp3) is 0.300. The van der Waals surface area contributed by atoms with Crippen molar-refractivity contribution in [2.45, 2.75) is 13.3 Å². The van der Waals surface area contributed by atoms with Crippen molar-refractivity contribution >= 4 is 15.9 Å². The molecule has 1 aromatic carbocycles. The first-order valence-electron chi connectivity index (χ1n) is 3.86. The number of hydrogen-bond donors (Lipinski definition) is 0. The van der Waals surface area contributed by atoms with E-state index in [-0.39, 0.29) is 5.92 Å². The number of rotatable bonds is 2. The Morgan fingerprint density at radius 2 is 2.00 bits per heavy atom. The van der Waals surface area contributed by atoms with E-state index in [2.05, 4.69) is 22.0 Å². The van der Waals surface area contributed by atoms with E-state index in [4.69, 9.17) is 5.26 Å². The monoisotopic (exact) mass is 223 g/mol. The summed E-state index contributed by atoms with van der Waals surface area (Å²) in [5.41, 5.74) is 1.22. The van der Waals surface area contributed by atoms with Gasteiger partial charge in [-0.25, -0.2) is 0 Å². The molecule has 2 heteroatoms. The smallest absolute Gasteiger partial charge is 0.0656 e. The lowest BCUT2D eigenvalue weighted by molar-refractivity contribution is 0.739. The maximum Gasteiger partial charge on any atom is 0.0656 e. The first kappa shape index (κ1) is 9.28. The minimum Gasteiger partial charge on any atom is -0.198 e. The van der Waals surface area contributed by atoms with Crippen LogP contribution >= 0.6 is 15.9 Å². The molecule has 0 aliphatic rings. The highest BCUT2D eigenvalue weighted by molar-refractivity contribution is 9.10. The molecule has 1 aromatic rings. The summed E-state index contributed by atoms with van der Waals surface area (Å²) >= 11 is 3.36. The lowest BCUT2D eigenvalue weighted by Gasteiger charge is -2.01. The van der Waals surface area contributed by atoms with Crippen molar-refractivity contribution in [3.8, 4) is 6.07 Å². The Bertz CT molecular complexity index is 284. The van der Waals surface area contributed by atoms with Gasteiger partial charge in [-0.2, -0.15) is 5.26 Å². The summed E-state index contributed by atoms with van der Waals surface area (Å²) in [4.78, 5) is 0. The van der Waals surface area contributed by atoms with Crippen LogP contribution in [0.5, 0.6) is 0 Å². The van der Waals surface area contributed by atoms with Gasteiger partial charge in [0.1, 0.15) is 0 Å². The molecular weight excluding hydrogens is 214 g/mol. The van der Waals surface area contributed by atoms with Crippen LogP contribution in [0.3, 0.4) is 0 Å². The van der Waals surface area contributed by atoms with Crippen molar-refractivity contribution in [3.05, 3.63) is 34.3 Å². The van der Waals surface area contributed by atoms with Crippen molar-refractivity contribution in [1.82, 2.24) is 0 Å². The maximum absolute atomic E-state index is 8.59. The van der Waals surface area contributed by atoms with Gasteiger partial charge in [0.2, 0.25) is 0 Å². The normalized spacial score (nSPS) is 12.1. The number of hydrogen-bond acceptors (Lipinski definition) is 1. The second kappa shape index (κ2) is 4.27. The maximum atomic E-state index is 8.59. The fourth-order valence-corrected chi connectivity index (χ4v) is 1.28. The Kier molecular flexibility index (Phi) is 3.31. The Morgan fingerprint density at radius 3 is 2.50 bits per heavy atom. The standard InChI is InChI=1S/C10H10BrN/c1-8(7-12)6-9-2-4-10(11)5-3-9/h2-5,8H,6H2,1H3. The van der Waals surface area contributed by atoms with Gasteiger partial charge in [0.25, 0.3) is 0 Å². The van der Waals surface area contributed by atoms with Crippen LogP contribution < -0.4 is 0 Å². The highest BCUT2D eigenvalue weighted by Gasteiger charge is 2.00. The molecule has 1 atom stereocenters. The Balaban J connectivity index is 2.66. The first-order valence-corrected chi connectivity index (χ1v) is 4.65. The van der Waals surface area contributed by atoms with Gasteiger partial charge in [0, 0.05) is 10.4 Å². The van der Waals surface area contributed by atoms with E-state index in [1.54, 1.807) is 0 Å². The van der Waals surface area contributed by atoms with E-state index >= 15 is 0 Å². The van der Waals surface area contributed by atoms with Crippen LogP contribution in [-0.2, 0) is 6.42 Å². The van der Waals surface area contributed by atoms with Crippen LogP contribution in [0.25, 0.3) is 0 Å². The van der Waals surface area contributed by atoms with E-state index in [1.165, 1.54) is 5.56 Å². The van der Waals surface area contributed by atoms with Crippen LogP contribution in [0.4, 0.5) is 0 Å². The molecule has 1 rings (SSSR count). The third-order valence-electron chi connectivity index (χ3n) is 1.68. The summed E-state index contributed by atoms with van der Waals surface area (Å²) in [5, 5.41) is 8.59. The number of benzene rings is 1. The zero-order chi connectivity index (χ0) is 8.97. The summed E-state index contributed by atoms with van der Waals surface area (Å²) in [6.07, 6.45) is 0.837. The average molecular weight is 224 g/mol. The van der Waals surface area contributed by atoms with Crippen LogP contribution in [0.1, 0.15) is 12.5 Å². The molecular formula is C10H10BrN. The molecule has 0 amide bonds. The van der Waals surface area contributed by atoms with E-state index in [1.807, 2.05) is 31.2 Å². The molecule has 0 aromatic heterocycles. The zero-order valence-corrected chi connectivity index (χ0v) is 8.51. The van der Waals surface area contributed by atoms with Gasteiger partial charge in [-0.1, -0.05) is 28.1 Å². The largest absolute Gasteiger partial charge is 0.198 e. The topological polar surface area (TPSA) is 23.8 Å². The molecule has 1 nitrogen and oxygen atoms in total. The molecule has 62 valence electrons. The zero-order valence-electron chi connectivity index (χ0n) is 6.92. The number of nitrogens with zero attached hydrogens (tertiary/aromatic N) is 1. The predicted octanol–water partition coefficient (Wildman–Crippen LogP) is 3.15. The van der Waals surface area contributed by atoms with E-state index in [0.717, 1.165) is 10.9 Å². The Hall–Kier alpha value is -0.810. The third-order valence-corrected chi connectivity index (χ3v) is 2.20. The van der Waals surface area contributed by atoms with Gasteiger partial charge in [-0.05, 0) is 31.0 Å². The SMILES string of the molecule is CC(C#N)Cc1ccc(Br)cc1. The molecule has 1 unspecified atom stereocenters. The van der Waals surface area contributed by atoms with Crippen LogP contribution in [0.2, 0.25) is 0 Å². The molecule has 0 radical (unpaired) electrons. The van der Waals surface area contributed by atoms with Crippen molar-refractivity contribution in [1.29, 1.82) is 5.26 Å². The molecule has 0 fully saturated rings. The van der Waals surface area contributed by atoms with Gasteiger partial charge in [-0.3, -0.25) is 0 Å². The average Bonchev–Trinajstić information content (AvgIpc) is 2.09. The molecule has 0 aliphatic carbocycles. The summed E-state index contributed by atoms with van der Waals surface area (Å²) in [6, 6.07) is 10.3. The van der Waals surface area contributed by atoms with Crippen molar-refractivity contribution in [3.63, 3.8) is 0 Å². The van der Waals surface area contributed by atoms with Crippen molar-refractivity contribution in [2.75, 3.05) is 0 Å². The van der Waals surface area contributed by atoms with E-state index in [9.17, 15) is 0 Å². The highest BCUT2D eigenvalue weighted by atomic mass is 79.9. The van der Waals surface area contributed by atoms with Crippen LogP contribution in [0, 0.1) is 17.2 Å². The van der Waals surface area contributed by atoms with Crippen LogP contribution in [-0.4, -0.2) is 0 Å². The quantitative estimate of drug-likeness (QED) is 0.756. The van der Waals surface area contributed by atoms with E-state index in [0.29, 0.717) is 0 Å². The second-order valence-corrected chi connectivity index (χ2v) is 3.78. The molecule has 12 heavy (non-hydrogen) atoms. The minimum absolute atomic E-state index is 0.103. The molecule has 0 saturated heterocycles. The minimum atomic E-state index is 0.103. The van der Waals surface area contributed by atoms with Gasteiger partial charge in [-0.15, -0.1) is 0 Å². The molecule has 0 spiro atoms. The van der Waals surface area contributed by atoms with E-state index < -0.39 is 0 Å². The Morgan fingerprint density at radius 1 is 1.42 bits per heavy atom. The first-order chi connectivity index (χ1) is 5.72. The van der Waals surface area contributed by atoms with Crippen molar-refractivity contribution in [2.24, 2.45) is 5.92 Å². The molecule has 0 saturated carbocycles. The molecule has 0 bridgehead atoms. The summed E-state index contributed by atoms with van der Waals surface area (Å²) < 4.78 is 1.08. The number of halogens is 1. The highest BCUT2D eigenvalue weighted by Crippen LogP contribution is 2.13. The van der Waals surface area contributed by atoms with Gasteiger partial charge in [0.15, 0.2) is 0 Å².